The Morgan fingerprint density at radius 2 is 2.06 bits per heavy atom. The summed E-state index contributed by atoms with van der Waals surface area (Å²) in [6.45, 7) is 18.7. The van der Waals surface area contributed by atoms with Gasteiger partial charge >= 0.3 is 0 Å². The molecule has 0 saturated heterocycles. The van der Waals surface area contributed by atoms with Crippen LogP contribution in [0.4, 0.5) is 0 Å². The van der Waals surface area contributed by atoms with Gasteiger partial charge in [-0.05, 0) is 25.1 Å². The first-order valence-electron chi connectivity index (χ1n) is 5.74. The molecule has 0 spiro atoms. The van der Waals surface area contributed by atoms with Crippen LogP contribution in [0.25, 0.3) is 0 Å². The van der Waals surface area contributed by atoms with Gasteiger partial charge < -0.3 is 5.32 Å². The summed E-state index contributed by atoms with van der Waals surface area (Å²) in [4.78, 5) is 8.09. The van der Waals surface area contributed by atoms with Gasteiger partial charge in [-0.2, -0.15) is 0 Å². The van der Waals surface area contributed by atoms with Gasteiger partial charge in [0, 0.05) is 18.3 Å². The molecule has 94 valence electrons. The molecule has 0 radical (unpaired) electrons. The molecule has 3 nitrogen and oxygen atoms in total. The van der Waals surface area contributed by atoms with Crippen molar-refractivity contribution in [3.63, 3.8) is 0 Å². The number of allylic oxidation sites excluding steroid dienone is 1. The molecular formula is C14H23N3. The molecule has 17 heavy (non-hydrogen) atoms. The summed E-state index contributed by atoms with van der Waals surface area (Å²) in [5.74, 6) is 1.17. The van der Waals surface area contributed by atoms with Gasteiger partial charge in [-0.1, -0.05) is 26.5 Å². The second-order valence-electron chi connectivity index (χ2n) is 4.26. The molecule has 0 aromatic carbocycles. The highest BCUT2D eigenvalue weighted by molar-refractivity contribution is 5.97. The number of nitrogens with zero attached hydrogens (tertiary/aromatic N) is 2. The van der Waals surface area contributed by atoms with Crippen LogP contribution in [0.2, 0.25) is 0 Å². The van der Waals surface area contributed by atoms with E-state index in [1.165, 1.54) is 0 Å². The average molecular weight is 233 g/mol. The van der Waals surface area contributed by atoms with Crippen LogP contribution < -0.4 is 5.32 Å². The minimum absolute atomic E-state index is 0.540. The fourth-order valence-electron chi connectivity index (χ4n) is 1.07. The lowest BCUT2D eigenvalue weighted by Crippen LogP contribution is -2.20. The fraction of sp³-hybridized carbons (Fsp3) is 0.429. The second-order valence-corrected chi connectivity index (χ2v) is 4.26. The first-order chi connectivity index (χ1) is 8.01. The van der Waals surface area contributed by atoms with Gasteiger partial charge in [-0.3, -0.25) is 4.99 Å². The van der Waals surface area contributed by atoms with Gasteiger partial charge in [0.25, 0.3) is 0 Å². The van der Waals surface area contributed by atoms with E-state index in [-0.39, 0.29) is 0 Å². The Morgan fingerprint density at radius 3 is 2.47 bits per heavy atom. The number of hydrogen-bond donors (Lipinski definition) is 1. The highest BCUT2D eigenvalue weighted by atomic mass is 14.9. The molecular weight excluding hydrogens is 210 g/mol. The molecule has 1 N–H and O–H groups in total. The maximum absolute atomic E-state index is 4.22. The van der Waals surface area contributed by atoms with Gasteiger partial charge in [0.15, 0.2) is 0 Å². The lowest BCUT2D eigenvalue weighted by atomic mass is 10.2. The van der Waals surface area contributed by atoms with E-state index >= 15 is 0 Å². The Hall–Kier alpha value is -1.64. The SMILES string of the molecule is C=CCN=C(C=C(NCC(C)C)C(=C)C)N=C. The maximum atomic E-state index is 4.22. The Kier molecular flexibility index (Phi) is 7.68. The monoisotopic (exact) mass is 233 g/mol. The molecule has 0 aromatic rings. The van der Waals surface area contributed by atoms with Crippen LogP contribution in [0.3, 0.4) is 0 Å². The van der Waals surface area contributed by atoms with E-state index in [2.05, 4.69) is 49.0 Å². The minimum Gasteiger partial charge on any atom is -0.384 e. The summed E-state index contributed by atoms with van der Waals surface area (Å²) in [6, 6.07) is 0. The number of amidine groups is 1. The maximum Gasteiger partial charge on any atom is 0.148 e. The molecule has 0 atom stereocenters. The molecule has 0 amide bonds. The third-order valence-electron chi connectivity index (χ3n) is 1.98. The van der Waals surface area contributed by atoms with Crippen molar-refractivity contribution in [1.29, 1.82) is 0 Å². The van der Waals surface area contributed by atoms with E-state index in [9.17, 15) is 0 Å². The Bertz CT molecular complexity index is 335. The van der Waals surface area contributed by atoms with Crippen LogP contribution in [0.1, 0.15) is 20.8 Å². The topological polar surface area (TPSA) is 36.8 Å². The van der Waals surface area contributed by atoms with Crippen molar-refractivity contribution < 1.29 is 0 Å². The number of aliphatic imine (C=N–C) groups is 2. The van der Waals surface area contributed by atoms with Gasteiger partial charge in [-0.15, -0.1) is 6.58 Å². The summed E-state index contributed by atoms with van der Waals surface area (Å²) in [7, 11) is 0. The highest BCUT2D eigenvalue weighted by Crippen LogP contribution is 2.05. The largest absolute Gasteiger partial charge is 0.384 e. The molecule has 0 aliphatic heterocycles. The van der Waals surface area contributed by atoms with E-state index in [4.69, 9.17) is 0 Å². The standard InChI is InChI=1S/C14H23N3/c1-7-8-16-14(15-6)9-13(12(4)5)17-10-11(2)3/h7,9,11,17H,1,4,6,8,10H2,2-3,5H3. The third-order valence-corrected chi connectivity index (χ3v) is 1.98. The zero-order valence-electron chi connectivity index (χ0n) is 11.2. The van der Waals surface area contributed by atoms with Gasteiger partial charge in [0.05, 0.1) is 6.54 Å². The Labute approximate surface area is 105 Å². The highest BCUT2D eigenvalue weighted by Gasteiger charge is 2.01. The van der Waals surface area contributed by atoms with Crippen molar-refractivity contribution in [2.45, 2.75) is 20.8 Å². The summed E-state index contributed by atoms with van der Waals surface area (Å²) >= 11 is 0. The smallest absolute Gasteiger partial charge is 0.148 e. The van der Waals surface area contributed by atoms with Crippen LogP contribution in [-0.2, 0) is 0 Å². The zero-order chi connectivity index (χ0) is 13.3. The Morgan fingerprint density at radius 1 is 1.41 bits per heavy atom. The van der Waals surface area contributed by atoms with Crippen LogP contribution in [-0.4, -0.2) is 25.6 Å². The summed E-state index contributed by atoms with van der Waals surface area (Å²) < 4.78 is 0. The van der Waals surface area contributed by atoms with Gasteiger partial charge in [0.2, 0.25) is 0 Å². The van der Waals surface area contributed by atoms with Crippen molar-refractivity contribution in [3.05, 3.63) is 36.6 Å². The van der Waals surface area contributed by atoms with Gasteiger partial charge in [0.1, 0.15) is 5.84 Å². The van der Waals surface area contributed by atoms with Crippen LogP contribution >= 0.6 is 0 Å². The van der Waals surface area contributed by atoms with E-state index in [1.54, 1.807) is 6.08 Å². The lowest BCUT2D eigenvalue weighted by Gasteiger charge is -2.12. The minimum atomic E-state index is 0.540. The predicted octanol–water partition coefficient (Wildman–Crippen LogP) is 2.98. The van der Waals surface area contributed by atoms with Crippen molar-refractivity contribution >= 4 is 12.6 Å². The van der Waals surface area contributed by atoms with Crippen molar-refractivity contribution in [1.82, 2.24) is 5.32 Å². The molecule has 0 heterocycles. The second kappa shape index (κ2) is 8.50. The number of nitrogens with one attached hydrogen (secondary N) is 1. The van der Waals surface area contributed by atoms with E-state index < -0.39 is 0 Å². The molecule has 0 aliphatic rings. The van der Waals surface area contributed by atoms with Crippen LogP contribution in [0.5, 0.6) is 0 Å². The van der Waals surface area contributed by atoms with Gasteiger partial charge in [-0.25, -0.2) is 4.99 Å². The first kappa shape index (κ1) is 15.4. The molecule has 0 unspecified atom stereocenters. The van der Waals surface area contributed by atoms with Crippen LogP contribution in [0.15, 0.2) is 46.6 Å². The predicted molar refractivity (Wildman–Crippen MR) is 77.8 cm³/mol. The summed E-state index contributed by atoms with van der Waals surface area (Å²) in [5.41, 5.74) is 1.91. The number of hydrogen-bond acceptors (Lipinski definition) is 2. The fourth-order valence-corrected chi connectivity index (χ4v) is 1.07. The van der Waals surface area contributed by atoms with Crippen molar-refractivity contribution in [2.24, 2.45) is 15.9 Å². The van der Waals surface area contributed by atoms with Crippen LogP contribution in [0, 0.1) is 5.92 Å². The normalized spacial score (nSPS) is 12.5. The van der Waals surface area contributed by atoms with Crippen molar-refractivity contribution in [2.75, 3.05) is 13.1 Å². The number of rotatable bonds is 7. The molecule has 0 fully saturated rings. The molecule has 0 rings (SSSR count). The molecule has 3 heteroatoms. The summed E-state index contributed by atoms with van der Waals surface area (Å²) in [5, 5.41) is 3.33. The van der Waals surface area contributed by atoms with Crippen molar-refractivity contribution in [3.8, 4) is 0 Å². The molecule has 0 bridgehead atoms. The average Bonchev–Trinajstić information content (AvgIpc) is 2.27. The van der Waals surface area contributed by atoms with E-state index in [0.717, 1.165) is 17.8 Å². The lowest BCUT2D eigenvalue weighted by molar-refractivity contribution is 0.599. The summed E-state index contributed by atoms with van der Waals surface area (Å²) in [6.07, 6.45) is 3.59. The molecule has 0 aromatic heterocycles. The Balaban J connectivity index is 4.82. The van der Waals surface area contributed by atoms with E-state index in [1.807, 2.05) is 13.0 Å². The quantitative estimate of drug-likeness (QED) is 0.312. The zero-order valence-corrected chi connectivity index (χ0v) is 11.2. The third kappa shape index (κ3) is 7.28. The van der Waals surface area contributed by atoms with E-state index in [0.29, 0.717) is 18.3 Å². The molecule has 0 saturated carbocycles. The molecule has 0 aliphatic carbocycles. The first-order valence-corrected chi connectivity index (χ1v) is 5.74.